The van der Waals surface area contributed by atoms with Crippen LogP contribution in [0.5, 0.6) is 5.75 Å². The van der Waals surface area contributed by atoms with Gasteiger partial charge in [0.15, 0.2) is 12.0 Å². The highest BCUT2D eigenvalue weighted by Crippen LogP contribution is 2.30. The number of nitrogens with zero attached hydrogens (tertiary/aromatic N) is 1. The number of carbonyl (C=O) groups excluding carboxylic acids is 4. The topological polar surface area (TPSA) is 109 Å². The zero-order valence-electron chi connectivity index (χ0n) is 11.6. The molecular weight excluding hydrogens is 282 g/mol. The molecule has 0 atom stereocenters. The van der Waals surface area contributed by atoms with Crippen molar-refractivity contribution in [2.75, 3.05) is 0 Å². The average molecular weight is 295 g/mol. The standard InChI is InChI=1S/C13H13NO7/c1-7(16)19-12-10(4-5-14-11(12)6-15)13(20-8(2)17)21-9(3)18/h4-6,13H,1-3H3. The summed E-state index contributed by atoms with van der Waals surface area (Å²) in [6.07, 6.45) is 0.142. The van der Waals surface area contributed by atoms with Gasteiger partial charge in [-0.3, -0.25) is 19.2 Å². The molecule has 0 aliphatic heterocycles. The molecule has 0 amide bonds. The molecule has 8 heteroatoms. The summed E-state index contributed by atoms with van der Waals surface area (Å²) in [4.78, 5) is 48.0. The Bertz CT molecular complexity index is 566. The second-order valence-electron chi connectivity index (χ2n) is 3.88. The minimum Gasteiger partial charge on any atom is -0.424 e. The van der Waals surface area contributed by atoms with E-state index in [2.05, 4.69) is 4.98 Å². The first-order chi connectivity index (χ1) is 9.85. The van der Waals surface area contributed by atoms with Crippen molar-refractivity contribution in [2.45, 2.75) is 27.1 Å². The lowest BCUT2D eigenvalue weighted by atomic mass is 10.2. The highest BCUT2D eigenvalue weighted by molar-refractivity contribution is 5.81. The van der Waals surface area contributed by atoms with E-state index in [1.165, 1.54) is 12.3 Å². The minimum absolute atomic E-state index is 0.0210. The number of carbonyl (C=O) groups is 4. The normalized spacial score (nSPS) is 9.90. The fourth-order valence-electron chi connectivity index (χ4n) is 1.46. The lowest BCUT2D eigenvalue weighted by Crippen LogP contribution is -2.18. The fraction of sp³-hybridized carbons (Fsp3) is 0.308. The van der Waals surface area contributed by atoms with Crippen LogP contribution in [0.1, 0.15) is 43.1 Å². The third-order valence-electron chi connectivity index (χ3n) is 2.12. The van der Waals surface area contributed by atoms with Crippen LogP contribution in [0.25, 0.3) is 0 Å². The summed E-state index contributed by atoms with van der Waals surface area (Å²) < 4.78 is 14.6. The molecule has 0 N–H and O–H groups in total. The summed E-state index contributed by atoms with van der Waals surface area (Å²) in [5.74, 6) is -2.39. The molecule has 1 heterocycles. The van der Waals surface area contributed by atoms with E-state index in [0.29, 0.717) is 6.29 Å². The van der Waals surface area contributed by atoms with Crippen LogP contribution in [0.2, 0.25) is 0 Å². The van der Waals surface area contributed by atoms with Gasteiger partial charge in [0.05, 0.1) is 5.56 Å². The summed E-state index contributed by atoms with van der Waals surface area (Å²) in [6, 6.07) is 1.31. The smallest absolute Gasteiger partial charge is 0.308 e. The van der Waals surface area contributed by atoms with Crippen molar-refractivity contribution in [1.82, 2.24) is 4.98 Å². The van der Waals surface area contributed by atoms with Crippen molar-refractivity contribution in [3.05, 3.63) is 23.5 Å². The molecule has 0 saturated heterocycles. The van der Waals surface area contributed by atoms with Crippen molar-refractivity contribution in [1.29, 1.82) is 0 Å². The Kier molecular flexibility index (Phi) is 5.53. The van der Waals surface area contributed by atoms with E-state index in [0.717, 1.165) is 20.8 Å². The van der Waals surface area contributed by atoms with E-state index in [4.69, 9.17) is 14.2 Å². The quantitative estimate of drug-likeness (QED) is 0.448. The van der Waals surface area contributed by atoms with Gasteiger partial charge in [-0.05, 0) is 6.07 Å². The SMILES string of the molecule is CC(=O)Oc1c(C(OC(C)=O)OC(C)=O)ccnc1C=O. The first-order valence-corrected chi connectivity index (χ1v) is 5.82. The maximum absolute atomic E-state index is 11.1. The van der Waals surface area contributed by atoms with Crippen molar-refractivity contribution in [2.24, 2.45) is 0 Å². The van der Waals surface area contributed by atoms with Gasteiger partial charge in [0, 0.05) is 27.0 Å². The summed E-state index contributed by atoms with van der Waals surface area (Å²) >= 11 is 0. The summed E-state index contributed by atoms with van der Waals surface area (Å²) in [7, 11) is 0. The zero-order valence-corrected chi connectivity index (χ0v) is 11.6. The summed E-state index contributed by atoms with van der Waals surface area (Å²) in [5, 5.41) is 0. The van der Waals surface area contributed by atoms with Crippen molar-refractivity contribution in [3.63, 3.8) is 0 Å². The van der Waals surface area contributed by atoms with E-state index < -0.39 is 24.2 Å². The Morgan fingerprint density at radius 2 is 1.67 bits per heavy atom. The van der Waals surface area contributed by atoms with E-state index in [9.17, 15) is 19.2 Å². The number of hydrogen-bond donors (Lipinski definition) is 0. The van der Waals surface area contributed by atoms with Crippen LogP contribution in [0, 0.1) is 0 Å². The zero-order chi connectivity index (χ0) is 16.0. The highest BCUT2D eigenvalue weighted by Gasteiger charge is 2.25. The van der Waals surface area contributed by atoms with Gasteiger partial charge in [-0.1, -0.05) is 0 Å². The molecule has 0 spiro atoms. The lowest BCUT2D eigenvalue weighted by molar-refractivity contribution is -0.186. The Balaban J connectivity index is 3.33. The number of aromatic nitrogens is 1. The largest absolute Gasteiger partial charge is 0.424 e. The van der Waals surface area contributed by atoms with E-state index >= 15 is 0 Å². The van der Waals surface area contributed by atoms with Gasteiger partial charge in [0.25, 0.3) is 6.29 Å². The first-order valence-electron chi connectivity index (χ1n) is 5.82. The van der Waals surface area contributed by atoms with Gasteiger partial charge in [0.2, 0.25) is 0 Å². The van der Waals surface area contributed by atoms with Crippen LogP contribution in [0.3, 0.4) is 0 Å². The Hall–Kier alpha value is -2.77. The summed E-state index contributed by atoms with van der Waals surface area (Å²) in [5.41, 5.74) is -0.167. The van der Waals surface area contributed by atoms with Gasteiger partial charge >= 0.3 is 17.9 Å². The Morgan fingerprint density at radius 1 is 1.10 bits per heavy atom. The van der Waals surface area contributed by atoms with Crippen LogP contribution in [-0.4, -0.2) is 29.2 Å². The molecule has 0 aliphatic carbocycles. The van der Waals surface area contributed by atoms with Crippen LogP contribution in [-0.2, 0) is 23.9 Å². The molecule has 0 saturated carbocycles. The molecule has 8 nitrogen and oxygen atoms in total. The molecule has 21 heavy (non-hydrogen) atoms. The average Bonchev–Trinajstić information content (AvgIpc) is 2.36. The van der Waals surface area contributed by atoms with Crippen LogP contribution >= 0.6 is 0 Å². The van der Waals surface area contributed by atoms with Gasteiger partial charge < -0.3 is 14.2 Å². The maximum Gasteiger partial charge on any atom is 0.308 e. The molecule has 0 fully saturated rings. The second kappa shape index (κ2) is 7.13. The molecule has 0 bridgehead atoms. The number of aldehydes is 1. The van der Waals surface area contributed by atoms with Crippen LogP contribution < -0.4 is 4.74 Å². The number of rotatable bonds is 5. The van der Waals surface area contributed by atoms with E-state index in [1.54, 1.807) is 0 Å². The minimum atomic E-state index is -1.45. The number of hydrogen-bond acceptors (Lipinski definition) is 8. The lowest BCUT2D eigenvalue weighted by Gasteiger charge is -2.19. The van der Waals surface area contributed by atoms with Gasteiger partial charge in [0.1, 0.15) is 5.69 Å². The predicted octanol–water partition coefficient (Wildman–Crippen LogP) is 0.944. The molecule has 1 aromatic heterocycles. The molecule has 1 aromatic rings. The summed E-state index contributed by atoms with van der Waals surface area (Å²) in [6.45, 7) is 3.35. The van der Waals surface area contributed by atoms with Crippen LogP contribution in [0.4, 0.5) is 0 Å². The molecule has 0 radical (unpaired) electrons. The van der Waals surface area contributed by atoms with Crippen LogP contribution in [0.15, 0.2) is 12.3 Å². The third-order valence-corrected chi connectivity index (χ3v) is 2.12. The molecule has 1 rings (SSSR count). The van der Waals surface area contributed by atoms with E-state index in [1.807, 2.05) is 0 Å². The number of pyridine rings is 1. The van der Waals surface area contributed by atoms with Gasteiger partial charge in [-0.25, -0.2) is 4.98 Å². The number of ether oxygens (including phenoxy) is 3. The Labute approximate surface area is 120 Å². The monoisotopic (exact) mass is 295 g/mol. The molecule has 112 valence electrons. The Morgan fingerprint density at radius 3 is 2.10 bits per heavy atom. The second-order valence-corrected chi connectivity index (χ2v) is 3.88. The van der Waals surface area contributed by atoms with Gasteiger partial charge in [-0.2, -0.15) is 0 Å². The maximum atomic E-state index is 11.1. The highest BCUT2D eigenvalue weighted by atomic mass is 16.7. The first kappa shape index (κ1) is 16.3. The van der Waals surface area contributed by atoms with Crippen molar-refractivity contribution in [3.8, 4) is 5.75 Å². The van der Waals surface area contributed by atoms with Crippen molar-refractivity contribution < 1.29 is 33.4 Å². The molecule has 0 aromatic carbocycles. The molecule has 0 aliphatic rings. The predicted molar refractivity (Wildman–Crippen MR) is 67.2 cm³/mol. The van der Waals surface area contributed by atoms with Gasteiger partial charge in [-0.15, -0.1) is 0 Å². The number of esters is 3. The molecule has 0 unspecified atom stereocenters. The fourth-order valence-corrected chi connectivity index (χ4v) is 1.46. The molecular formula is C13H13NO7. The van der Waals surface area contributed by atoms with E-state index in [-0.39, 0.29) is 17.0 Å². The third kappa shape index (κ3) is 4.68. The van der Waals surface area contributed by atoms with Crippen molar-refractivity contribution >= 4 is 24.2 Å².